The standard InChI is InChI=1S/C21H18ClN5O3/c1-13(2)27(12-18-24-25-19(30-18)14-7-3-4-8-16(14)22)21(29)15-11-23-17-9-5-6-10-26(17)20(15)28/h3-11,13H,12H2,1-2H3. The molecular weight excluding hydrogens is 406 g/mol. The number of aromatic nitrogens is 4. The third-order valence-electron chi connectivity index (χ3n) is 4.60. The first-order chi connectivity index (χ1) is 14.5. The summed E-state index contributed by atoms with van der Waals surface area (Å²) in [6.07, 6.45) is 2.88. The third kappa shape index (κ3) is 3.69. The maximum atomic E-state index is 13.1. The van der Waals surface area contributed by atoms with Crippen LogP contribution in [0.25, 0.3) is 17.1 Å². The lowest BCUT2D eigenvalue weighted by Crippen LogP contribution is -2.39. The summed E-state index contributed by atoms with van der Waals surface area (Å²) >= 11 is 6.18. The van der Waals surface area contributed by atoms with E-state index >= 15 is 0 Å². The molecule has 9 heteroatoms. The molecule has 4 rings (SSSR count). The summed E-state index contributed by atoms with van der Waals surface area (Å²) in [7, 11) is 0. The average molecular weight is 424 g/mol. The van der Waals surface area contributed by atoms with Gasteiger partial charge in [-0.1, -0.05) is 29.8 Å². The number of pyridine rings is 1. The molecule has 0 spiro atoms. The second-order valence-corrected chi connectivity index (χ2v) is 7.32. The Kier molecular flexibility index (Phi) is 5.33. The number of carbonyl (C=O) groups is 1. The van der Waals surface area contributed by atoms with E-state index in [0.29, 0.717) is 16.2 Å². The van der Waals surface area contributed by atoms with Crippen molar-refractivity contribution in [2.45, 2.75) is 26.4 Å². The van der Waals surface area contributed by atoms with Crippen LogP contribution in [0.5, 0.6) is 0 Å². The van der Waals surface area contributed by atoms with E-state index < -0.39 is 11.5 Å². The molecule has 0 saturated carbocycles. The minimum absolute atomic E-state index is 0.0294. The van der Waals surface area contributed by atoms with E-state index in [1.54, 1.807) is 42.6 Å². The van der Waals surface area contributed by atoms with E-state index in [2.05, 4.69) is 15.2 Å². The highest BCUT2D eigenvalue weighted by Gasteiger charge is 2.25. The van der Waals surface area contributed by atoms with Gasteiger partial charge in [0.15, 0.2) is 0 Å². The summed E-state index contributed by atoms with van der Waals surface area (Å²) < 4.78 is 7.06. The van der Waals surface area contributed by atoms with Crippen LogP contribution in [0.4, 0.5) is 0 Å². The van der Waals surface area contributed by atoms with Crippen LogP contribution in [0.1, 0.15) is 30.1 Å². The zero-order chi connectivity index (χ0) is 21.3. The van der Waals surface area contributed by atoms with Crippen molar-refractivity contribution in [3.63, 3.8) is 0 Å². The van der Waals surface area contributed by atoms with Gasteiger partial charge in [0.05, 0.1) is 17.1 Å². The smallest absolute Gasteiger partial charge is 0.270 e. The molecular formula is C21H18ClN5O3. The van der Waals surface area contributed by atoms with Gasteiger partial charge in [-0.15, -0.1) is 10.2 Å². The molecule has 0 saturated heterocycles. The van der Waals surface area contributed by atoms with E-state index in [-0.39, 0.29) is 29.9 Å². The molecule has 30 heavy (non-hydrogen) atoms. The lowest BCUT2D eigenvalue weighted by molar-refractivity contribution is 0.0670. The number of hydrogen-bond acceptors (Lipinski definition) is 6. The van der Waals surface area contributed by atoms with Crippen LogP contribution >= 0.6 is 11.6 Å². The minimum atomic E-state index is -0.460. The number of hydrogen-bond donors (Lipinski definition) is 0. The summed E-state index contributed by atoms with van der Waals surface area (Å²) in [5.41, 5.74) is 0.616. The molecule has 0 aliphatic heterocycles. The van der Waals surface area contributed by atoms with Gasteiger partial charge in [-0.25, -0.2) is 4.98 Å². The van der Waals surface area contributed by atoms with Crippen LogP contribution in [-0.4, -0.2) is 36.4 Å². The maximum absolute atomic E-state index is 13.1. The van der Waals surface area contributed by atoms with E-state index in [4.69, 9.17) is 16.0 Å². The maximum Gasteiger partial charge on any atom is 0.270 e. The van der Waals surface area contributed by atoms with Crippen molar-refractivity contribution >= 4 is 23.2 Å². The van der Waals surface area contributed by atoms with Crippen molar-refractivity contribution in [3.8, 4) is 11.5 Å². The molecule has 1 aromatic carbocycles. The fourth-order valence-electron chi connectivity index (χ4n) is 3.02. The molecule has 0 radical (unpaired) electrons. The lowest BCUT2D eigenvalue weighted by atomic mass is 10.2. The number of benzene rings is 1. The van der Waals surface area contributed by atoms with Gasteiger partial charge >= 0.3 is 0 Å². The van der Waals surface area contributed by atoms with Crippen molar-refractivity contribution in [1.29, 1.82) is 0 Å². The lowest BCUT2D eigenvalue weighted by Gasteiger charge is -2.24. The van der Waals surface area contributed by atoms with Gasteiger partial charge in [0, 0.05) is 18.4 Å². The number of fused-ring (bicyclic) bond motifs is 1. The molecule has 0 atom stereocenters. The van der Waals surface area contributed by atoms with Gasteiger partial charge in [0.1, 0.15) is 11.2 Å². The van der Waals surface area contributed by atoms with Crippen LogP contribution in [0.3, 0.4) is 0 Å². The first-order valence-corrected chi connectivity index (χ1v) is 9.68. The van der Waals surface area contributed by atoms with Crippen molar-refractivity contribution in [3.05, 3.63) is 81.7 Å². The summed E-state index contributed by atoms with van der Waals surface area (Å²) in [5, 5.41) is 8.55. The summed E-state index contributed by atoms with van der Waals surface area (Å²) in [6, 6.07) is 12.1. The molecule has 8 nitrogen and oxygen atoms in total. The molecule has 4 aromatic rings. The normalized spacial score (nSPS) is 11.2. The second kappa shape index (κ2) is 8.08. The van der Waals surface area contributed by atoms with Gasteiger partial charge in [-0.05, 0) is 38.1 Å². The van der Waals surface area contributed by atoms with Crippen molar-refractivity contribution in [1.82, 2.24) is 24.5 Å². The Labute approximate surface area is 176 Å². The molecule has 152 valence electrons. The largest absolute Gasteiger partial charge is 0.419 e. The first kappa shape index (κ1) is 19.8. The van der Waals surface area contributed by atoms with Crippen LogP contribution in [-0.2, 0) is 6.54 Å². The molecule has 0 aliphatic rings. The van der Waals surface area contributed by atoms with E-state index in [1.807, 2.05) is 19.9 Å². The Morgan fingerprint density at radius 1 is 1.17 bits per heavy atom. The highest BCUT2D eigenvalue weighted by Crippen LogP contribution is 2.26. The topological polar surface area (TPSA) is 93.6 Å². The van der Waals surface area contributed by atoms with E-state index in [0.717, 1.165) is 0 Å². The summed E-state index contributed by atoms with van der Waals surface area (Å²) in [6.45, 7) is 3.73. The zero-order valence-electron chi connectivity index (χ0n) is 16.3. The third-order valence-corrected chi connectivity index (χ3v) is 4.93. The van der Waals surface area contributed by atoms with Crippen molar-refractivity contribution in [2.24, 2.45) is 0 Å². The first-order valence-electron chi connectivity index (χ1n) is 9.30. The molecule has 1 amide bonds. The number of carbonyl (C=O) groups excluding carboxylic acids is 1. The Morgan fingerprint density at radius 3 is 2.70 bits per heavy atom. The zero-order valence-corrected chi connectivity index (χ0v) is 17.1. The molecule has 0 N–H and O–H groups in total. The monoisotopic (exact) mass is 423 g/mol. The van der Waals surface area contributed by atoms with E-state index in [9.17, 15) is 9.59 Å². The average Bonchev–Trinajstić information content (AvgIpc) is 3.20. The van der Waals surface area contributed by atoms with Crippen LogP contribution in [0.15, 0.2) is 64.1 Å². The number of nitrogens with zero attached hydrogens (tertiary/aromatic N) is 5. The molecule has 0 fully saturated rings. The number of rotatable bonds is 5. The predicted octanol–water partition coefficient (Wildman–Crippen LogP) is 3.45. The fourth-order valence-corrected chi connectivity index (χ4v) is 3.24. The molecule has 0 bridgehead atoms. The summed E-state index contributed by atoms with van der Waals surface area (Å²) in [4.78, 5) is 31.6. The van der Waals surface area contributed by atoms with Crippen LogP contribution in [0, 0.1) is 0 Å². The van der Waals surface area contributed by atoms with E-state index in [1.165, 1.54) is 15.5 Å². The minimum Gasteiger partial charge on any atom is -0.419 e. The van der Waals surface area contributed by atoms with Gasteiger partial charge in [-0.3, -0.25) is 14.0 Å². The van der Waals surface area contributed by atoms with Crippen molar-refractivity contribution < 1.29 is 9.21 Å². The van der Waals surface area contributed by atoms with Gasteiger partial charge < -0.3 is 9.32 Å². The van der Waals surface area contributed by atoms with Crippen LogP contribution < -0.4 is 5.56 Å². The van der Waals surface area contributed by atoms with Crippen molar-refractivity contribution in [2.75, 3.05) is 0 Å². The molecule has 3 heterocycles. The summed E-state index contributed by atoms with van der Waals surface area (Å²) in [5.74, 6) is 0.0401. The Hall–Kier alpha value is -3.52. The Morgan fingerprint density at radius 2 is 1.93 bits per heavy atom. The Balaban J connectivity index is 1.64. The fraction of sp³-hybridized carbons (Fsp3) is 0.190. The van der Waals surface area contributed by atoms with Crippen LogP contribution in [0.2, 0.25) is 5.02 Å². The van der Waals surface area contributed by atoms with Gasteiger partial charge in [0.2, 0.25) is 11.8 Å². The second-order valence-electron chi connectivity index (χ2n) is 6.91. The van der Waals surface area contributed by atoms with Gasteiger partial charge in [0.25, 0.3) is 11.5 Å². The number of halogens is 1. The number of amides is 1. The Bertz CT molecular complexity index is 1280. The SMILES string of the molecule is CC(C)N(Cc1nnc(-c2ccccc2Cl)o1)C(=O)c1cnc2ccccn2c1=O. The molecule has 3 aromatic heterocycles. The molecule has 0 unspecified atom stereocenters. The highest BCUT2D eigenvalue weighted by molar-refractivity contribution is 6.33. The molecule has 0 aliphatic carbocycles. The predicted molar refractivity (Wildman–Crippen MR) is 111 cm³/mol. The quantitative estimate of drug-likeness (QED) is 0.488. The highest BCUT2D eigenvalue weighted by atomic mass is 35.5. The van der Waals surface area contributed by atoms with Gasteiger partial charge in [-0.2, -0.15) is 0 Å².